The maximum Gasteiger partial charge on any atom is 0.247 e. The lowest BCUT2D eigenvalue weighted by Crippen LogP contribution is -2.50. The average Bonchev–Trinajstić information content (AvgIpc) is 3.00. The van der Waals surface area contributed by atoms with E-state index in [1.165, 1.54) is 19.3 Å². The number of pyridine rings is 1. The second-order valence-electron chi connectivity index (χ2n) is 8.13. The van der Waals surface area contributed by atoms with Crippen molar-refractivity contribution >= 4 is 10.0 Å². The van der Waals surface area contributed by atoms with Gasteiger partial charge in [-0.3, -0.25) is 9.88 Å². The summed E-state index contributed by atoms with van der Waals surface area (Å²) in [5.41, 5.74) is 0.235. The minimum absolute atomic E-state index is 0.255. The van der Waals surface area contributed by atoms with E-state index >= 15 is 0 Å². The molecule has 28 heavy (non-hydrogen) atoms. The molecule has 148 valence electrons. The van der Waals surface area contributed by atoms with Crippen molar-refractivity contribution in [3.63, 3.8) is 0 Å². The second kappa shape index (κ2) is 6.83. The number of fused-ring (bicyclic) bond motifs is 1. The van der Waals surface area contributed by atoms with E-state index in [1.807, 2.05) is 24.3 Å². The van der Waals surface area contributed by atoms with Gasteiger partial charge in [0, 0.05) is 31.7 Å². The Labute approximate surface area is 166 Å². The van der Waals surface area contributed by atoms with Gasteiger partial charge in [-0.05, 0) is 37.1 Å². The quantitative estimate of drug-likeness (QED) is 0.794. The van der Waals surface area contributed by atoms with Gasteiger partial charge in [0.2, 0.25) is 10.0 Å². The van der Waals surface area contributed by atoms with Gasteiger partial charge in [-0.25, -0.2) is 8.42 Å². The van der Waals surface area contributed by atoms with E-state index in [1.54, 1.807) is 28.7 Å². The second-order valence-corrected chi connectivity index (χ2v) is 10.0. The fourth-order valence-electron chi connectivity index (χ4n) is 4.52. The minimum atomic E-state index is -3.66. The molecule has 6 nitrogen and oxygen atoms in total. The van der Waals surface area contributed by atoms with E-state index in [9.17, 15) is 8.42 Å². The summed E-state index contributed by atoms with van der Waals surface area (Å²) in [6.45, 7) is 2.35. The van der Waals surface area contributed by atoms with Crippen molar-refractivity contribution in [2.24, 2.45) is 0 Å². The molecule has 1 unspecified atom stereocenters. The molecule has 0 N–H and O–H groups in total. The largest absolute Gasteiger partial charge is 0.483 e. The Balaban J connectivity index is 1.52. The molecular formula is C21H25N3O3S. The monoisotopic (exact) mass is 399 g/mol. The predicted molar refractivity (Wildman–Crippen MR) is 105 cm³/mol. The highest BCUT2D eigenvalue weighted by atomic mass is 32.2. The number of rotatable bonds is 3. The van der Waals surface area contributed by atoms with Gasteiger partial charge >= 0.3 is 0 Å². The van der Waals surface area contributed by atoms with E-state index in [-0.39, 0.29) is 11.4 Å². The number of hydrogen-bond acceptors (Lipinski definition) is 5. The van der Waals surface area contributed by atoms with Crippen LogP contribution in [0.3, 0.4) is 0 Å². The summed E-state index contributed by atoms with van der Waals surface area (Å²) in [7, 11) is -3.66. The SMILES string of the molecule is O=S1(=O)c2ccccc2OC2(CCN(C3CCC3)C2)CN1Cc1ccccn1. The lowest BCUT2D eigenvalue weighted by Gasteiger charge is -2.37. The number of sulfonamides is 1. The van der Waals surface area contributed by atoms with Crippen LogP contribution in [0.15, 0.2) is 53.6 Å². The van der Waals surface area contributed by atoms with Crippen molar-refractivity contribution in [2.75, 3.05) is 19.6 Å². The van der Waals surface area contributed by atoms with E-state index in [4.69, 9.17) is 4.74 Å². The Morgan fingerprint density at radius 3 is 2.68 bits per heavy atom. The third kappa shape index (κ3) is 3.11. The van der Waals surface area contributed by atoms with Crippen LogP contribution >= 0.6 is 0 Å². The molecule has 2 aliphatic heterocycles. The molecule has 2 aromatic rings. The highest BCUT2D eigenvalue weighted by molar-refractivity contribution is 7.89. The van der Waals surface area contributed by atoms with Gasteiger partial charge in [0.05, 0.1) is 18.8 Å². The standard InChI is InChI=1S/C21H25N3O3S/c25-28(26)20-10-2-1-9-19(20)27-21(11-13-23(15-21)18-7-5-8-18)16-24(28)14-17-6-3-4-12-22-17/h1-4,6,9-10,12,18H,5,7-8,11,13-16H2. The molecule has 3 aliphatic rings. The fourth-order valence-corrected chi connectivity index (χ4v) is 6.12. The van der Waals surface area contributed by atoms with Crippen LogP contribution in [0.2, 0.25) is 0 Å². The Morgan fingerprint density at radius 1 is 1.11 bits per heavy atom. The summed E-state index contributed by atoms with van der Waals surface area (Å²) < 4.78 is 34.9. The van der Waals surface area contributed by atoms with Crippen molar-refractivity contribution in [3.05, 3.63) is 54.4 Å². The summed E-state index contributed by atoms with van der Waals surface area (Å²) >= 11 is 0. The topological polar surface area (TPSA) is 62.7 Å². The zero-order valence-corrected chi connectivity index (χ0v) is 16.6. The van der Waals surface area contributed by atoms with E-state index in [0.717, 1.165) is 25.2 Å². The summed E-state index contributed by atoms with van der Waals surface area (Å²) in [5, 5.41) is 0. The molecule has 1 saturated heterocycles. The number of hydrogen-bond donors (Lipinski definition) is 0. The molecule has 1 aliphatic carbocycles. The zero-order valence-electron chi connectivity index (χ0n) is 15.8. The van der Waals surface area contributed by atoms with Crippen LogP contribution in [0.4, 0.5) is 0 Å². The summed E-state index contributed by atoms with van der Waals surface area (Å²) in [4.78, 5) is 7.09. The van der Waals surface area contributed by atoms with Crippen LogP contribution < -0.4 is 4.74 Å². The Kier molecular flexibility index (Phi) is 4.41. The normalized spacial score (nSPS) is 27.7. The maximum absolute atomic E-state index is 13.5. The maximum atomic E-state index is 13.5. The van der Waals surface area contributed by atoms with E-state index in [2.05, 4.69) is 9.88 Å². The average molecular weight is 400 g/mol. The molecule has 1 spiro atoms. The highest BCUT2D eigenvalue weighted by Crippen LogP contribution is 2.40. The number of aromatic nitrogens is 1. The van der Waals surface area contributed by atoms with Gasteiger partial charge in [-0.2, -0.15) is 4.31 Å². The van der Waals surface area contributed by atoms with Crippen molar-refractivity contribution in [1.29, 1.82) is 0 Å². The van der Waals surface area contributed by atoms with Gasteiger partial charge < -0.3 is 4.74 Å². The van der Waals surface area contributed by atoms with E-state index in [0.29, 0.717) is 18.3 Å². The van der Waals surface area contributed by atoms with Crippen molar-refractivity contribution in [3.8, 4) is 5.75 Å². The van der Waals surface area contributed by atoms with Crippen LogP contribution in [0.5, 0.6) is 5.75 Å². The van der Waals surface area contributed by atoms with Crippen LogP contribution in [-0.4, -0.2) is 53.9 Å². The molecule has 3 heterocycles. The number of para-hydroxylation sites is 1. The lowest BCUT2D eigenvalue weighted by atomic mass is 9.91. The highest BCUT2D eigenvalue weighted by Gasteiger charge is 2.49. The molecule has 0 radical (unpaired) electrons. The third-order valence-electron chi connectivity index (χ3n) is 6.26. The molecule has 2 fully saturated rings. The zero-order chi connectivity index (χ0) is 19.2. The van der Waals surface area contributed by atoms with Gasteiger partial charge in [-0.15, -0.1) is 0 Å². The minimum Gasteiger partial charge on any atom is -0.483 e. The molecule has 7 heteroatoms. The van der Waals surface area contributed by atoms with Crippen molar-refractivity contribution in [2.45, 2.75) is 48.8 Å². The summed E-state index contributed by atoms with van der Waals surface area (Å²) in [6.07, 6.45) is 6.31. The summed E-state index contributed by atoms with van der Waals surface area (Å²) in [5.74, 6) is 0.474. The third-order valence-corrected chi connectivity index (χ3v) is 8.09. The van der Waals surface area contributed by atoms with Crippen LogP contribution in [0.1, 0.15) is 31.4 Å². The Morgan fingerprint density at radius 2 is 1.93 bits per heavy atom. The number of benzene rings is 1. The van der Waals surface area contributed by atoms with Crippen LogP contribution in [-0.2, 0) is 16.6 Å². The number of nitrogens with zero attached hydrogens (tertiary/aromatic N) is 3. The van der Waals surface area contributed by atoms with Crippen molar-refractivity contribution < 1.29 is 13.2 Å². The Bertz CT molecular complexity index is 962. The Hall–Kier alpha value is -1.96. The molecule has 0 bridgehead atoms. The molecule has 1 saturated carbocycles. The summed E-state index contributed by atoms with van der Waals surface area (Å²) in [6, 6.07) is 13.3. The number of ether oxygens (including phenoxy) is 1. The van der Waals surface area contributed by atoms with Gasteiger partial charge in [0.25, 0.3) is 0 Å². The molecule has 5 rings (SSSR count). The predicted octanol–water partition coefficient (Wildman–Crippen LogP) is 2.66. The van der Waals surface area contributed by atoms with Gasteiger partial charge in [0.15, 0.2) is 0 Å². The first kappa shape index (κ1) is 18.1. The number of likely N-dealkylation sites (tertiary alicyclic amines) is 1. The first-order chi connectivity index (χ1) is 13.6. The first-order valence-electron chi connectivity index (χ1n) is 9.98. The molecule has 0 amide bonds. The van der Waals surface area contributed by atoms with Gasteiger partial charge in [0.1, 0.15) is 16.2 Å². The van der Waals surface area contributed by atoms with Gasteiger partial charge in [-0.1, -0.05) is 24.6 Å². The first-order valence-corrected chi connectivity index (χ1v) is 11.4. The lowest BCUT2D eigenvalue weighted by molar-refractivity contribution is 0.0444. The fraction of sp³-hybridized carbons (Fsp3) is 0.476. The van der Waals surface area contributed by atoms with Crippen LogP contribution in [0.25, 0.3) is 0 Å². The van der Waals surface area contributed by atoms with E-state index < -0.39 is 15.6 Å². The molecule has 1 aromatic heterocycles. The van der Waals surface area contributed by atoms with Crippen molar-refractivity contribution in [1.82, 2.24) is 14.2 Å². The molecule has 1 aromatic carbocycles. The van der Waals surface area contributed by atoms with Crippen LogP contribution in [0, 0.1) is 0 Å². The molecule has 1 atom stereocenters. The smallest absolute Gasteiger partial charge is 0.247 e. The molecular weight excluding hydrogens is 374 g/mol.